The fourth-order valence-electron chi connectivity index (χ4n) is 3.89. The summed E-state index contributed by atoms with van der Waals surface area (Å²) in [6.07, 6.45) is 1.54. The number of nitrogens with zero attached hydrogens (tertiary/aromatic N) is 3. The molecule has 1 atom stereocenters. The number of piperazine rings is 1. The van der Waals surface area contributed by atoms with Gasteiger partial charge in [-0.3, -0.25) is 9.10 Å². The van der Waals surface area contributed by atoms with Crippen LogP contribution in [0.25, 0.3) is 0 Å². The Hall–Kier alpha value is -2.74. The molecule has 2 aromatic rings. The quantitative estimate of drug-likeness (QED) is 0.674. The van der Waals surface area contributed by atoms with E-state index in [0.717, 1.165) is 17.7 Å². The van der Waals surface area contributed by atoms with E-state index in [4.69, 9.17) is 4.74 Å². The molecule has 1 fully saturated rings. The second kappa shape index (κ2) is 9.38. The first-order chi connectivity index (χ1) is 14.4. The first-order valence-electron chi connectivity index (χ1n) is 10.1. The van der Waals surface area contributed by atoms with Crippen LogP contribution in [0.5, 0.6) is 5.75 Å². The number of amides is 1. The van der Waals surface area contributed by atoms with Crippen molar-refractivity contribution >= 4 is 27.3 Å². The Balaban J connectivity index is 1.77. The number of methoxy groups -OCH3 is 1. The lowest BCUT2D eigenvalue weighted by molar-refractivity contribution is -0.132. The molecule has 0 N–H and O–H groups in total. The Morgan fingerprint density at radius 3 is 2.20 bits per heavy atom. The van der Waals surface area contributed by atoms with Crippen LogP contribution in [0.15, 0.2) is 54.6 Å². The second-order valence-electron chi connectivity index (χ2n) is 7.30. The van der Waals surface area contributed by atoms with Gasteiger partial charge in [0.2, 0.25) is 15.9 Å². The predicted molar refractivity (Wildman–Crippen MR) is 120 cm³/mol. The molecule has 0 spiro atoms. The zero-order valence-corrected chi connectivity index (χ0v) is 18.5. The van der Waals surface area contributed by atoms with Crippen molar-refractivity contribution in [2.24, 2.45) is 0 Å². The largest absolute Gasteiger partial charge is 0.495 e. The van der Waals surface area contributed by atoms with Gasteiger partial charge in [-0.2, -0.15) is 0 Å². The molecule has 2 aromatic carbocycles. The van der Waals surface area contributed by atoms with Crippen LogP contribution in [-0.2, 0) is 14.8 Å². The number of hydrogen-bond acceptors (Lipinski definition) is 5. The van der Waals surface area contributed by atoms with Crippen LogP contribution < -0.4 is 13.9 Å². The molecule has 30 heavy (non-hydrogen) atoms. The van der Waals surface area contributed by atoms with E-state index in [9.17, 15) is 13.2 Å². The van der Waals surface area contributed by atoms with Gasteiger partial charge < -0.3 is 14.5 Å². The van der Waals surface area contributed by atoms with Gasteiger partial charge in [0, 0.05) is 26.2 Å². The van der Waals surface area contributed by atoms with Gasteiger partial charge in [-0.25, -0.2) is 8.42 Å². The van der Waals surface area contributed by atoms with Gasteiger partial charge in [0.05, 0.1) is 24.7 Å². The average molecular weight is 432 g/mol. The number of benzene rings is 2. The zero-order chi connectivity index (χ0) is 21.7. The number of rotatable bonds is 7. The highest BCUT2D eigenvalue weighted by atomic mass is 32.2. The molecule has 0 aliphatic carbocycles. The summed E-state index contributed by atoms with van der Waals surface area (Å²) in [4.78, 5) is 17.3. The summed E-state index contributed by atoms with van der Waals surface area (Å²) in [5.41, 5.74) is 1.51. The molecule has 1 heterocycles. The highest BCUT2D eigenvalue weighted by Gasteiger charge is 2.35. The summed E-state index contributed by atoms with van der Waals surface area (Å²) in [6.45, 7) is 4.22. The van der Waals surface area contributed by atoms with Crippen LogP contribution in [0, 0.1) is 0 Å². The molecule has 1 aliphatic rings. The number of hydrogen-bond donors (Lipinski definition) is 0. The minimum absolute atomic E-state index is 0.161. The van der Waals surface area contributed by atoms with Gasteiger partial charge in [-0.15, -0.1) is 0 Å². The summed E-state index contributed by atoms with van der Waals surface area (Å²) in [5, 5.41) is 0. The Bertz CT molecular complexity index is 957. The third kappa shape index (κ3) is 4.70. The SMILES string of the molecule is CC[C@H](C(=O)N1CCN(c2ccccc2OC)CC1)N(c1ccccc1)S(C)(=O)=O. The molecule has 0 radical (unpaired) electrons. The Morgan fingerprint density at radius 2 is 1.63 bits per heavy atom. The summed E-state index contributed by atoms with van der Waals surface area (Å²) in [7, 11) is -1.97. The maximum Gasteiger partial charge on any atom is 0.246 e. The van der Waals surface area contributed by atoms with Gasteiger partial charge in [0.25, 0.3) is 0 Å². The van der Waals surface area contributed by atoms with Crippen molar-refractivity contribution in [3.8, 4) is 5.75 Å². The maximum atomic E-state index is 13.3. The first kappa shape index (κ1) is 22.0. The first-order valence-corrected chi connectivity index (χ1v) is 11.9. The standard InChI is InChI=1S/C22H29N3O4S/c1-4-19(25(30(3,27)28)18-10-6-5-7-11-18)22(26)24-16-14-23(15-17-24)20-12-8-9-13-21(20)29-2/h5-13,19H,4,14-17H2,1-3H3/t19-/m1/s1. The highest BCUT2D eigenvalue weighted by molar-refractivity contribution is 7.92. The van der Waals surface area contributed by atoms with E-state index < -0.39 is 16.1 Å². The summed E-state index contributed by atoms with van der Waals surface area (Å²) in [5.74, 6) is 0.641. The van der Waals surface area contributed by atoms with Crippen LogP contribution in [0.2, 0.25) is 0 Å². The van der Waals surface area contributed by atoms with Gasteiger partial charge in [0.15, 0.2) is 0 Å². The maximum absolute atomic E-state index is 13.3. The Labute approximate surface area is 178 Å². The normalized spacial score (nSPS) is 15.6. The van der Waals surface area contributed by atoms with E-state index in [1.54, 1.807) is 36.3 Å². The number of sulfonamides is 1. The van der Waals surface area contributed by atoms with Crippen molar-refractivity contribution in [2.45, 2.75) is 19.4 Å². The van der Waals surface area contributed by atoms with Crippen LogP contribution in [0.3, 0.4) is 0 Å². The number of ether oxygens (including phenoxy) is 1. The summed E-state index contributed by atoms with van der Waals surface area (Å²) >= 11 is 0. The van der Waals surface area contributed by atoms with Crippen molar-refractivity contribution in [1.82, 2.24) is 4.90 Å². The molecule has 0 bridgehead atoms. The van der Waals surface area contributed by atoms with Gasteiger partial charge in [-0.1, -0.05) is 37.3 Å². The lowest BCUT2D eigenvalue weighted by Gasteiger charge is -2.39. The molecular formula is C22H29N3O4S. The molecule has 162 valence electrons. The molecule has 0 aromatic heterocycles. The number of anilines is 2. The Kier molecular flexibility index (Phi) is 6.87. The lowest BCUT2D eigenvalue weighted by Crippen LogP contribution is -2.56. The highest BCUT2D eigenvalue weighted by Crippen LogP contribution is 2.29. The van der Waals surface area contributed by atoms with Gasteiger partial charge >= 0.3 is 0 Å². The molecule has 1 aliphatic heterocycles. The number of carbonyl (C=O) groups excluding carboxylic acids is 1. The third-order valence-corrected chi connectivity index (χ3v) is 6.52. The fraction of sp³-hybridized carbons (Fsp3) is 0.409. The van der Waals surface area contributed by atoms with Crippen LogP contribution in [0.4, 0.5) is 11.4 Å². The molecule has 0 unspecified atom stereocenters. The van der Waals surface area contributed by atoms with Crippen molar-refractivity contribution in [1.29, 1.82) is 0 Å². The van der Waals surface area contributed by atoms with E-state index in [-0.39, 0.29) is 5.91 Å². The second-order valence-corrected chi connectivity index (χ2v) is 9.16. The molecule has 0 saturated carbocycles. The average Bonchev–Trinajstić information content (AvgIpc) is 2.76. The van der Waals surface area contributed by atoms with E-state index in [0.29, 0.717) is 38.3 Å². The molecule has 7 nitrogen and oxygen atoms in total. The fourth-order valence-corrected chi connectivity index (χ4v) is 5.09. The smallest absolute Gasteiger partial charge is 0.246 e. The lowest BCUT2D eigenvalue weighted by atomic mass is 10.1. The van der Waals surface area contributed by atoms with E-state index in [2.05, 4.69) is 4.90 Å². The summed E-state index contributed by atoms with van der Waals surface area (Å²) < 4.78 is 31.8. The Morgan fingerprint density at radius 1 is 1.03 bits per heavy atom. The molecular weight excluding hydrogens is 402 g/mol. The predicted octanol–water partition coefficient (Wildman–Crippen LogP) is 2.59. The van der Waals surface area contributed by atoms with Crippen LogP contribution in [0.1, 0.15) is 13.3 Å². The van der Waals surface area contributed by atoms with Crippen molar-refractivity contribution in [3.05, 3.63) is 54.6 Å². The van der Waals surface area contributed by atoms with Gasteiger partial charge in [0.1, 0.15) is 11.8 Å². The number of para-hydroxylation sites is 3. The molecule has 1 amide bonds. The van der Waals surface area contributed by atoms with Crippen LogP contribution in [-0.4, -0.2) is 64.8 Å². The molecule has 1 saturated heterocycles. The van der Waals surface area contributed by atoms with E-state index >= 15 is 0 Å². The number of carbonyl (C=O) groups is 1. The monoisotopic (exact) mass is 431 g/mol. The minimum Gasteiger partial charge on any atom is -0.495 e. The van der Waals surface area contributed by atoms with Crippen LogP contribution >= 0.6 is 0 Å². The molecule has 8 heteroatoms. The van der Waals surface area contributed by atoms with Crippen molar-refractivity contribution < 1.29 is 17.9 Å². The minimum atomic E-state index is -3.62. The van der Waals surface area contributed by atoms with Crippen molar-refractivity contribution in [2.75, 3.05) is 48.7 Å². The van der Waals surface area contributed by atoms with Gasteiger partial charge in [-0.05, 0) is 30.7 Å². The zero-order valence-electron chi connectivity index (χ0n) is 17.7. The third-order valence-electron chi connectivity index (χ3n) is 5.34. The topological polar surface area (TPSA) is 70.2 Å². The van der Waals surface area contributed by atoms with E-state index in [1.807, 2.05) is 37.3 Å². The van der Waals surface area contributed by atoms with E-state index in [1.165, 1.54) is 4.31 Å². The molecule has 3 rings (SSSR count). The summed E-state index contributed by atoms with van der Waals surface area (Å²) in [6, 6.07) is 15.9. The van der Waals surface area contributed by atoms with Crippen molar-refractivity contribution in [3.63, 3.8) is 0 Å².